The fourth-order valence-electron chi connectivity index (χ4n) is 3.65. The summed E-state index contributed by atoms with van der Waals surface area (Å²) in [4.78, 5) is 12.6. The average Bonchev–Trinajstić information content (AvgIpc) is 2.85. The monoisotopic (exact) mass is 328 g/mol. The van der Waals surface area contributed by atoms with Crippen molar-refractivity contribution in [3.05, 3.63) is 36.0 Å². The lowest BCUT2D eigenvalue weighted by atomic mass is 9.94. The summed E-state index contributed by atoms with van der Waals surface area (Å²) < 4.78 is 7.97. The van der Waals surface area contributed by atoms with Crippen LogP contribution < -0.4 is 5.32 Å². The van der Waals surface area contributed by atoms with Crippen molar-refractivity contribution in [1.29, 1.82) is 0 Å². The number of amides is 1. The number of hydrogen-bond donors (Lipinski definition) is 1. The van der Waals surface area contributed by atoms with Crippen molar-refractivity contribution in [2.24, 2.45) is 0 Å². The molecule has 2 aromatic rings. The summed E-state index contributed by atoms with van der Waals surface area (Å²) in [5, 5.41) is 4.37. The molecule has 4 heteroatoms. The summed E-state index contributed by atoms with van der Waals surface area (Å²) >= 11 is 0. The Kier molecular flexibility index (Phi) is 4.68. The predicted molar refractivity (Wildman–Crippen MR) is 97.2 cm³/mol. The SMILES string of the molecule is CC(C)n1cc(CC(=O)NC2CCOC(C)(C)C2)c2ccccc21. The first-order valence-corrected chi connectivity index (χ1v) is 8.87. The lowest BCUT2D eigenvalue weighted by Gasteiger charge is -2.35. The topological polar surface area (TPSA) is 43.3 Å². The van der Waals surface area contributed by atoms with Gasteiger partial charge in [-0.3, -0.25) is 4.79 Å². The Bertz CT molecular complexity index is 730. The highest BCUT2D eigenvalue weighted by molar-refractivity contribution is 5.89. The maximum Gasteiger partial charge on any atom is 0.224 e. The van der Waals surface area contributed by atoms with Crippen LogP contribution >= 0.6 is 0 Å². The van der Waals surface area contributed by atoms with E-state index < -0.39 is 0 Å². The lowest BCUT2D eigenvalue weighted by molar-refractivity contribution is -0.123. The number of carbonyl (C=O) groups is 1. The summed E-state index contributed by atoms with van der Waals surface area (Å²) in [7, 11) is 0. The number of benzene rings is 1. The normalized spacial score (nSPS) is 20.5. The number of nitrogens with zero attached hydrogens (tertiary/aromatic N) is 1. The zero-order valence-corrected chi connectivity index (χ0v) is 15.1. The smallest absolute Gasteiger partial charge is 0.224 e. The van der Waals surface area contributed by atoms with Gasteiger partial charge < -0.3 is 14.6 Å². The summed E-state index contributed by atoms with van der Waals surface area (Å²) in [6.45, 7) is 9.22. The second-order valence-electron chi connectivity index (χ2n) is 7.71. The molecule has 3 rings (SSSR count). The van der Waals surface area contributed by atoms with Crippen molar-refractivity contribution < 1.29 is 9.53 Å². The molecule has 0 aliphatic carbocycles. The molecule has 1 aromatic carbocycles. The van der Waals surface area contributed by atoms with Crippen molar-refractivity contribution in [3.8, 4) is 0 Å². The van der Waals surface area contributed by atoms with E-state index in [0.29, 0.717) is 19.1 Å². The molecule has 0 spiro atoms. The van der Waals surface area contributed by atoms with E-state index in [1.807, 2.05) is 6.07 Å². The van der Waals surface area contributed by atoms with Gasteiger partial charge in [-0.25, -0.2) is 0 Å². The summed E-state index contributed by atoms with van der Waals surface area (Å²) in [6.07, 6.45) is 4.32. The van der Waals surface area contributed by atoms with Crippen molar-refractivity contribution in [2.75, 3.05) is 6.61 Å². The largest absolute Gasteiger partial charge is 0.375 e. The first kappa shape index (κ1) is 17.0. The third-order valence-electron chi connectivity index (χ3n) is 4.79. The first-order chi connectivity index (χ1) is 11.4. The van der Waals surface area contributed by atoms with E-state index in [4.69, 9.17) is 4.74 Å². The van der Waals surface area contributed by atoms with E-state index in [2.05, 4.69) is 62.0 Å². The molecule has 1 aliphatic rings. The van der Waals surface area contributed by atoms with E-state index in [9.17, 15) is 4.79 Å². The molecule has 2 heterocycles. The minimum absolute atomic E-state index is 0.101. The molecule has 1 N–H and O–H groups in total. The Hall–Kier alpha value is -1.81. The zero-order chi connectivity index (χ0) is 17.3. The minimum atomic E-state index is -0.149. The fourth-order valence-corrected chi connectivity index (χ4v) is 3.65. The number of rotatable bonds is 4. The van der Waals surface area contributed by atoms with Crippen LogP contribution in [0.1, 0.15) is 52.1 Å². The molecule has 4 nitrogen and oxygen atoms in total. The first-order valence-electron chi connectivity index (χ1n) is 8.87. The summed E-state index contributed by atoms with van der Waals surface area (Å²) in [5.74, 6) is 0.101. The van der Waals surface area contributed by atoms with Gasteiger partial charge >= 0.3 is 0 Å². The Morgan fingerprint density at radius 1 is 1.38 bits per heavy atom. The van der Waals surface area contributed by atoms with Gasteiger partial charge in [0.2, 0.25) is 5.91 Å². The number of aromatic nitrogens is 1. The highest BCUT2D eigenvalue weighted by Gasteiger charge is 2.29. The predicted octanol–water partition coefficient (Wildman–Crippen LogP) is 3.84. The van der Waals surface area contributed by atoms with Crippen LogP contribution in [0.25, 0.3) is 10.9 Å². The molecule has 1 saturated heterocycles. The van der Waals surface area contributed by atoms with E-state index in [1.165, 1.54) is 10.9 Å². The number of para-hydroxylation sites is 1. The van der Waals surface area contributed by atoms with Gasteiger partial charge in [0.15, 0.2) is 0 Å². The number of nitrogens with one attached hydrogen (secondary N) is 1. The standard InChI is InChI=1S/C20H28N2O2/c1-14(2)22-13-15(17-7-5-6-8-18(17)22)11-19(23)21-16-9-10-24-20(3,4)12-16/h5-8,13-14,16H,9-12H2,1-4H3,(H,21,23). The number of fused-ring (bicyclic) bond motifs is 1. The molecule has 0 bridgehead atoms. The molecule has 0 saturated carbocycles. The molecular formula is C20H28N2O2. The molecule has 1 aliphatic heterocycles. The molecule has 1 atom stereocenters. The second-order valence-corrected chi connectivity index (χ2v) is 7.71. The lowest BCUT2D eigenvalue weighted by Crippen LogP contribution is -2.46. The van der Waals surface area contributed by atoms with Crippen LogP contribution in [-0.2, 0) is 16.0 Å². The van der Waals surface area contributed by atoms with Crippen molar-refractivity contribution >= 4 is 16.8 Å². The van der Waals surface area contributed by atoms with Crippen LogP contribution in [0.3, 0.4) is 0 Å². The maximum atomic E-state index is 12.6. The van der Waals surface area contributed by atoms with Crippen LogP contribution in [0.15, 0.2) is 30.5 Å². The van der Waals surface area contributed by atoms with Crippen LogP contribution in [0.2, 0.25) is 0 Å². The van der Waals surface area contributed by atoms with Gasteiger partial charge in [0, 0.05) is 35.8 Å². The van der Waals surface area contributed by atoms with E-state index in [-0.39, 0.29) is 17.6 Å². The minimum Gasteiger partial charge on any atom is -0.375 e. The van der Waals surface area contributed by atoms with Crippen LogP contribution in [0.5, 0.6) is 0 Å². The quantitative estimate of drug-likeness (QED) is 0.927. The third-order valence-corrected chi connectivity index (χ3v) is 4.79. The van der Waals surface area contributed by atoms with E-state index in [0.717, 1.165) is 18.4 Å². The van der Waals surface area contributed by atoms with E-state index >= 15 is 0 Å². The Morgan fingerprint density at radius 2 is 2.12 bits per heavy atom. The number of hydrogen-bond acceptors (Lipinski definition) is 2. The molecular weight excluding hydrogens is 300 g/mol. The summed E-state index contributed by atoms with van der Waals surface area (Å²) in [5.41, 5.74) is 2.15. The van der Waals surface area contributed by atoms with Crippen molar-refractivity contribution in [1.82, 2.24) is 9.88 Å². The van der Waals surface area contributed by atoms with E-state index in [1.54, 1.807) is 0 Å². The van der Waals surface area contributed by atoms with Gasteiger partial charge in [-0.1, -0.05) is 18.2 Å². The molecule has 24 heavy (non-hydrogen) atoms. The van der Waals surface area contributed by atoms with Gasteiger partial charge in [-0.15, -0.1) is 0 Å². The zero-order valence-electron chi connectivity index (χ0n) is 15.1. The van der Waals surface area contributed by atoms with Gasteiger partial charge in [0.1, 0.15) is 0 Å². The highest BCUT2D eigenvalue weighted by Crippen LogP contribution is 2.26. The molecule has 1 fully saturated rings. The number of ether oxygens (including phenoxy) is 1. The Balaban J connectivity index is 1.74. The van der Waals surface area contributed by atoms with Gasteiger partial charge in [-0.2, -0.15) is 0 Å². The maximum absolute atomic E-state index is 12.6. The molecule has 1 amide bonds. The Labute approximate surface area is 144 Å². The van der Waals surface area contributed by atoms with Gasteiger partial charge in [0.05, 0.1) is 12.0 Å². The van der Waals surface area contributed by atoms with Crippen molar-refractivity contribution in [3.63, 3.8) is 0 Å². The van der Waals surface area contributed by atoms with Gasteiger partial charge in [-0.05, 0) is 52.2 Å². The third kappa shape index (κ3) is 3.64. The molecule has 130 valence electrons. The second kappa shape index (κ2) is 6.60. The highest BCUT2D eigenvalue weighted by atomic mass is 16.5. The summed E-state index contributed by atoms with van der Waals surface area (Å²) in [6, 6.07) is 8.90. The molecule has 1 aromatic heterocycles. The van der Waals surface area contributed by atoms with Gasteiger partial charge in [0.25, 0.3) is 0 Å². The fraction of sp³-hybridized carbons (Fsp3) is 0.550. The van der Waals surface area contributed by atoms with Crippen LogP contribution in [0.4, 0.5) is 0 Å². The molecule has 0 radical (unpaired) electrons. The number of carbonyl (C=O) groups excluding carboxylic acids is 1. The Morgan fingerprint density at radius 3 is 2.83 bits per heavy atom. The van der Waals surface area contributed by atoms with Crippen LogP contribution in [-0.4, -0.2) is 28.7 Å². The average molecular weight is 328 g/mol. The van der Waals surface area contributed by atoms with Crippen molar-refractivity contribution in [2.45, 2.75) is 64.6 Å². The van der Waals surface area contributed by atoms with Crippen LogP contribution in [0, 0.1) is 0 Å². The molecule has 1 unspecified atom stereocenters.